The molecule has 1 aliphatic carbocycles. The Labute approximate surface area is 163 Å². The summed E-state index contributed by atoms with van der Waals surface area (Å²) in [6, 6.07) is 18.4. The second-order valence-electron chi connectivity index (χ2n) is 7.54. The summed E-state index contributed by atoms with van der Waals surface area (Å²) in [4.78, 5) is 12.9. The van der Waals surface area contributed by atoms with Crippen LogP contribution in [0, 0.1) is 5.82 Å². The first-order valence-corrected chi connectivity index (χ1v) is 9.65. The highest BCUT2D eigenvalue weighted by molar-refractivity contribution is 5.91. The Morgan fingerprint density at radius 3 is 2.61 bits per heavy atom. The molecular formula is C23H23FN2O2. The van der Waals surface area contributed by atoms with E-state index in [0.29, 0.717) is 17.0 Å². The first-order valence-electron chi connectivity index (χ1n) is 9.65. The Hall–Kier alpha value is -2.95. The quantitative estimate of drug-likeness (QED) is 0.651. The first-order chi connectivity index (χ1) is 13.6. The monoisotopic (exact) mass is 378 g/mol. The number of nitrogens with zero attached hydrogens (tertiary/aromatic N) is 1. The minimum Gasteiger partial charge on any atom is -0.356 e. The lowest BCUT2D eigenvalue weighted by atomic mass is 9.99. The first kappa shape index (κ1) is 18.4. The molecule has 0 saturated heterocycles. The summed E-state index contributed by atoms with van der Waals surface area (Å²) in [5.74, 6) is -0.0419. The van der Waals surface area contributed by atoms with Crippen molar-refractivity contribution in [1.82, 2.24) is 10.5 Å². The van der Waals surface area contributed by atoms with Gasteiger partial charge in [-0.15, -0.1) is 0 Å². The van der Waals surface area contributed by atoms with Crippen molar-refractivity contribution in [3.63, 3.8) is 0 Å². The molecule has 1 N–H and O–H groups in total. The molecule has 4 rings (SSSR count). The topological polar surface area (TPSA) is 55.1 Å². The van der Waals surface area contributed by atoms with E-state index in [9.17, 15) is 9.18 Å². The second-order valence-corrected chi connectivity index (χ2v) is 7.54. The van der Waals surface area contributed by atoms with E-state index in [-0.39, 0.29) is 17.8 Å². The normalized spacial score (nSPS) is 15.8. The van der Waals surface area contributed by atoms with Crippen molar-refractivity contribution in [2.45, 2.75) is 44.1 Å². The summed E-state index contributed by atoms with van der Waals surface area (Å²) < 4.78 is 19.3. The number of hydrogen-bond donors (Lipinski definition) is 1. The van der Waals surface area contributed by atoms with Crippen LogP contribution in [0.1, 0.15) is 37.4 Å². The van der Waals surface area contributed by atoms with Gasteiger partial charge in [-0.3, -0.25) is 4.79 Å². The fraction of sp³-hybridized carbons (Fsp3) is 0.304. The summed E-state index contributed by atoms with van der Waals surface area (Å²) in [5, 5.41) is 7.20. The molecule has 28 heavy (non-hydrogen) atoms. The van der Waals surface area contributed by atoms with Crippen LogP contribution in [0.25, 0.3) is 11.3 Å². The lowest BCUT2D eigenvalue weighted by Gasteiger charge is -2.18. The zero-order valence-electron chi connectivity index (χ0n) is 15.8. The minimum absolute atomic E-state index is 0.0264. The van der Waals surface area contributed by atoms with Crippen LogP contribution in [0.2, 0.25) is 0 Å². The number of amides is 1. The number of nitrogens with one attached hydrogen (secondary N) is 1. The van der Waals surface area contributed by atoms with E-state index in [2.05, 4.69) is 22.6 Å². The minimum atomic E-state index is -0.645. The molecule has 1 aliphatic rings. The average Bonchev–Trinajstić information content (AvgIpc) is 3.38. The number of carbonyl (C=O) groups is 1. The summed E-state index contributed by atoms with van der Waals surface area (Å²) in [6.45, 7) is 2.02. The van der Waals surface area contributed by atoms with E-state index in [1.807, 2.05) is 25.1 Å². The van der Waals surface area contributed by atoms with E-state index >= 15 is 0 Å². The molecule has 0 aliphatic heterocycles. The highest BCUT2D eigenvalue weighted by Crippen LogP contribution is 2.48. The SMILES string of the molecule is CC(CCc1ccccc1)NC(=O)C1(c2cc(-c3ccccc3F)on2)CC1. The number of halogens is 1. The van der Waals surface area contributed by atoms with Gasteiger partial charge in [-0.1, -0.05) is 47.6 Å². The van der Waals surface area contributed by atoms with Gasteiger partial charge in [-0.05, 0) is 50.3 Å². The van der Waals surface area contributed by atoms with Crippen LogP contribution in [-0.4, -0.2) is 17.1 Å². The zero-order chi connectivity index (χ0) is 19.6. The molecule has 3 aromatic rings. The van der Waals surface area contributed by atoms with Crippen molar-refractivity contribution in [2.75, 3.05) is 0 Å². The summed E-state index contributed by atoms with van der Waals surface area (Å²) in [7, 11) is 0. The van der Waals surface area contributed by atoms with E-state index < -0.39 is 5.41 Å². The van der Waals surface area contributed by atoms with Crippen LogP contribution in [0.4, 0.5) is 4.39 Å². The molecule has 1 atom stereocenters. The van der Waals surface area contributed by atoms with E-state index in [1.54, 1.807) is 24.3 Å². The highest BCUT2D eigenvalue weighted by atomic mass is 19.1. The van der Waals surface area contributed by atoms with Crippen LogP contribution in [-0.2, 0) is 16.6 Å². The lowest BCUT2D eigenvalue weighted by Crippen LogP contribution is -2.40. The summed E-state index contributed by atoms with van der Waals surface area (Å²) in [5.41, 5.74) is 1.55. The van der Waals surface area contributed by atoms with Crippen molar-refractivity contribution >= 4 is 5.91 Å². The Morgan fingerprint density at radius 1 is 1.18 bits per heavy atom. The number of carbonyl (C=O) groups excluding carboxylic acids is 1. The Morgan fingerprint density at radius 2 is 1.89 bits per heavy atom. The van der Waals surface area contributed by atoms with Gasteiger partial charge < -0.3 is 9.84 Å². The van der Waals surface area contributed by atoms with Gasteiger partial charge in [-0.2, -0.15) is 0 Å². The molecule has 1 amide bonds. The van der Waals surface area contributed by atoms with Gasteiger partial charge in [0.1, 0.15) is 5.82 Å². The molecule has 2 aromatic carbocycles. The molecule has 1 saturated carbocycles. The largest absolute Gasteiger partial charge is 0.356 e. The van der Waals surface area contributed by atoms with Gasteiger partial charge >= 0.3 is 0 Å². The third kappa shape index (κ3) is 3.70. The molecular weight excluding hydrogens is 355 g/mol. The number of benzene rings is 2. The second kappa shape index (κ2) is 7.58. The van der Waals surface area contributed by atoms with Crippen molar-refractivity contribution < 1.29 is 13.7 Å². The standard InChI is InChI=1S/C23H23FN2O2/c1-16(11-12-17-7-3-2-4-8-17)25-22(27)23(13-14-23)21-15-20(28-26-21)18-9-5-6-10-19(18)24/h2-10,15-16H,11-14H2,1H3,(H,25,27). The maximum Gasteiger partial charge on any atom is 0.232 e. The van der Waals surface area contributed by atoms with Gasteiger partial charge in [0.05, 0.1) is 16.7 Å². The van der Waals surface area contributed by atoms with Crippen molar-refractivity contribution in [3.8, 4) is 11.3 Å². The average molecular weight is 378 g/mol. The molecule has 0 bridgehead atoms. The summed E-state index contributed by atoms with van der Waals surface area (Å²) in [6.07, 6.45) is 3.24. The van der Waals surface area contributed by atoms with Crippen molar-refractivity contribution in [2.24, 2.45) is 0 Å². The van der Waals surface area contributed by atoms with Gasteiger partial charge in [-0.25, -0.2) is 4.39 Å². The molecule has 5 heteroatoms. The van der Waals surface area contributed by atoms with Gasteiger partial charge in [0.25, 0.3) is 0 Å². The molecule has 1 fully saturated rings. The smallest absolute Gasteiger partial charge is 0.232 e. The van der Waals surface area contributed by atoms with Gasteiger partial charge in [0.15, 0.2) is 5.76 Å². The number of aryl methyl sites for hydroxylation is 1. The molecule has 1 heterocycles. The fourth-order valence-corrected chi connectivity index (χ4v) is 3.48. The highest BCUT2D eigenvalue weighted by Gasteiger charge is 2.54. The number of hydrogen-bond acceptors (Lipinski definition) is 3. The van der Waals surface area contributed by atoms with Gasteiger partial charge in [0, 0.05) is 12.1 Å². The van der Waals surface area contributed by atoms with Gasteiger partial charge in [0.2, 0.25) is 5.91 Å². The van der Waals surface area contributed by atoms with Crippen molar-refractivity contribution in [3.05, 3.63) is 77.7 Å². The molecule has 144 valence electrons. The predicted octanol–water partition coefficient (Wildman–Crippen LogP) is 4.65. The molecule has 4 nitrogen and oxygen atoms in total. The van der Waals surface area contributed by atoms with Crippen LogP contribution in [0.3, 0.4) is 0 Å². The fourth-order valence-electron chi connectivity index (χ4n) is 3.48. The molecule has 0 spiro atoms. The Balaban J connectivity index is 1.41. The molecule has 1 unspecified atom stereocenters. The maximum atomic E-state index is 14.0. The lowest BCUT2D eigenvalue weighted by molar-refractivity contribution is -0.124. The van der Waals surface area contributed by atoms with E-state index in [1.165, 1.54) is 11.6 Å². The predicted molar refractivity (Wildman–Crippen MR) is 105 cm³/mol. The Bertz CT molecular complexity index is 963. The number of aromatic nitrogens is 1. The summed E-state index contributed by atoms with van der Waals surface area (Å²) >= 11 is 0. The third-order valence-corrected chi connectivity index (χ3v) is 5.41. The van der Waals surface area contributed by atoms with E-state index in [4.69, 9.17) is 4.52 Å². The van der Waals surface area contributed by atoms with Crippen LogP contribution in [0.5, 0.6) is 0 Å². The maximum absolute atomic E-state index is 14.0. The molecule has 0 radical (unpaired) electrons. The number of rotatable bonds is 7. The Kier molecular flexibility index (Phi) is 4.99. The molecule has 1 aromatic heterocycles. The van der Waals surface area contributed by atoms with Crippen molar-refractivity contribution in [1.29, 1.82) is 0 Å². The van der Waals surface area contributed by atoms with Crippen LogP contribution >= 0.6 is 0 Å². The van der Waals surface area contributed by atoms with Crippen LogP contribution < -0.4 is 5.32 Å². The third-order valence-electron chi connectivity index (χ3n) is 5.41. The van der Waals surface area contributed by atoms with E-state index in [0.717, 1.165) is 25.7 Å². The van der Waals surface area contributed by atoms with Crippen LogP contribution in [0.15, 0.2) is 65.2 Å². The zero-order valence-corrected chi connectivity index (χ0v) is 15.8.